The van der Waals surface area contributed by atoms with E-state index in [0.29, 0.717) is 12.1 Å². The van der Waals surface area contributed by atoms with Crippen LogP contribution in [0.4, 0.5) is 0 Å². The van der Waals surface area contributed by atoms with E-state index in [2.05, 4.69) is 45.7 Å². The molecular formula is C16H28N4S. The summed E-state index contributed by atoms with van der Waals surface area (Å²) in [4.78, 5) is 4.30. The third kappa shape index (κ3) is 4.22. The van der Waals surface area contributed by atoms with Gasteiger partial charge in [-0.3, -0.25) is 0 Å². The Morgan fingerprint density at radius 2 is 2.14 bits per heavy atom. The van der Waals surface area contributed by atoms with Gasteiger partial charge in [-0.15, -0.1) is 0 Å². The summed E-state index contributed by atoms with van der Waals surface area (Å²) >= 11 is 2.22. The topological polar surface area (TPSA) is 42.7 Å². The molecule has 1 aromatic heterocycles. The van der Waals surface area contributed by atoms with E-state index in [4.69, 9.17) is 0 Å². The normalized spacial score (nSPS) is 25.7. The molecule has 0 bridgehead atoms. The lowest BCUT2D eigenvalue weighted by Gasteiger charge is -2.28. The maximum Gasteiger partial charge on any atom is 0.138 e. The van der Waals surface area contributed by atoms with Crippen LogP contribution >= 0.6 is 11.8 Å². The summed E-state index contributed by atoms with van der Waals surface area (Å²) in [5, 5.41) is 9.80. The number of hydrogen-bond donors (Lipinski definition) is 1. The first-order chi connectivity index (χ1) is 10.2. The lowest BCUT2D eigenvalue weighted by atomic mass is 10.1. The highest BCUT2D eigenvalue weighted by atomic mass is 32.2. The first-order valence-electron chi connectivity index (χ1n) is 8.49. The molecule has 1 aliphatic carbocycles. The van der Waals surface area contributed by atoms with Crippen LogP contribution in [0, 0.1) is 0 Å². The predicted octanol–water partition coefficient (Wildman–Crippen LogP) is 3.03. The third-order valence-electron chi connectivity index (χ3n) is 4.74. The molecule has 0 aromatic carbocycles. The van der Waals surface area contributed by atoms with Gasteiger partial charge in [0, 0.05) is 29.0 Å². The number of hydrogen-bond acceptors (Lipinski definition) is 4. The molecule has 2 aliphatic rings. The van der Waals surface area contributed by atoms with Gasteiger partial charge in [-0.2, -0.15) is 16.9 Å². The van der Waals surface area contributed by atoms with Crippen LogP contribution in [-0.2, 0) is 13.0 Å². The van der Waals surface area contributed by atoms with Crippen molar-refractivity contribution in [3.8, 4) is 0 Å². The highest BCUT2D eigenvalue weighted by Crippen LogP contribution is 2.33. The van der Waals surface area contributed by atoms with E-state index in [-0.39, 0.29) is 0 Å². The minimum atomic E-state index is 0.554. The van der Waals surface area contributed by atoms with Crippen LogP contribution < -0.4 is 5.32 Å². The summed E-state index contributed by atoms with van der Waals surface area (Å²) in [6, 6.07) is 1.14. The number of nitrogens with one attached hydrogen (secondary N) is 1. The molecule has 1 saturated carbocycles. The minimum absolute atomic E-state index is 0.554. The Morgan fingerprint density at radius 1 is 1.33 bits per heavy atom. The number of rotatable bonds is 6. The van der Waals surface area contributed by atoms with Gasteiger partial charge < -0.3 is 5.32 Å². The SMILES string of the molecule is C[C@H](C[C@H](C)SC1CCCC1)N[C@@H]1CCc2ncnn2C1. The molecule has 3 rings (SSSR count). The van der Waals surface area contributed by atoms with Crippen molar-refractivity contribution in [2.75, 3.05) is 0 Å². The van der Waals surface area contributed by atoms with E-state index in [1.165, 1.54) is 38.5 Å². The summed E-state index contributed by atoms with van der Waals surface area (Å²) in [5.41, 5.74) is 0. The van der Waals surface area contributed by atoms with Crippen molar-refractivity contribution in [3.63, 3.8) is 0 Å². The second-order valence-corrected chi connectivity index (χ2v) is 8.49. The molecule has 1 aromatic rings. The van der Waals surface area contributed by atoms with Crippen molar-refractivity contribution in [1.29, 1.82) is 0 Å². The van der Waals surface area contributed by atoms with Crippen molar-refractivity contribution in [2.24, 2.45) is 0 Å². The Balaban J connectivity index is 1.40. The van der Waals surface area contributed by atoms with Crippen LogP contribution in [0.5, 0.6) is 0 Å². The Bertz CT molecular complexity index is 441. The highest BCUT2D eigenvalue weighted by molar-refractivity contribution is 8.00. The molecule has 0 radical (unpaired) electrons. The van der Waals surface area contributed by atoms with Gasteiger partial charge in [-0.05, 0) is 32.6 Å². The maximum absolute atomic E-state index is 4.31. The average Bonchev–Trinajstić information content (AvgIpc) is 3.08. The Kier molecular flexibility index (Phi) is 5.22. The van der Waals surface area contributed by atoms with Crippen LogP contribution in [0.15, 0.2) is 6.33 Å². The van der Waals surface area contributed by atoms with Crippen LogP contribution in [0.25, 0.3) is 0 Å². The fourth-order valence-electron chi connectivity index (χ4n) is 3.75. The lowest BCUT2D eigenvalue weighted by Crippen LogP contribution is -2.43. The summed E-state index contributed by atoms with van der Waals surface area (Å²) in [6.45, 7) is 5.71. The van der Waals surface area contributed by atoms with Gasteiger partial charge in [0.25, 0.3) is 0 Å². The van der Waals surface area contributed by atoms with Crippen molar-refractivity contribution in [2.45, 2.75) is 87.9 Å². The largest absolute Gasteiger partial charge is 0.310 e. The zero-order chi connectivity index (χ0) is 14.7. The Morgan fingerprint density at radius 3 is 2.95 bits per heavy atom. The van der Waals surface area contributed by atoms with E-state index < -0.39 is 0 Å². The average molecular weight is 308 g/mol. The van der Waals surface area contributed by atoms with Crippen molar-refractivity contribution < 1.29 is 0 Å². The Labute approximate surface area is 132 Å². The fourth-order valence-corrected chi connectivity index (χ4v) is 5.41. The number of aromatic nitrogens is 3. The zero-order valence-corrected chi connectivity index (χ0v) is 14.1. The van der Waals surface area contributed by atoms with E-state index in [1.807, 2.05) is 0 Å². The van der Waals surface area contributed by atoms with E-state index in [0.717, 1.165) is 29.3 Å². The summed E-state index contributed by atoms with van der Waals surface area (Å²) in [6.07, 6.45) is 11.0. The first kappa shape index (κ1) is 15.3. The van der Waals surface area contributed by atoms with E-state index in [9.17, 15) is 0 Å². The van der Waals surface area contributed by atoms with Crippen molar-refractivity contribution >= 4 is 11.8 Å². The first-order valence-corrected chi connectivity index (χ1v) is 9.43. The monoisotopic (exact) mass is 308 g/mol. The molecule has 3 atom stereocenters. The molecule has 0 spiro atoms. The van der Waals surface area contributed by atoms with E-state index >= 15 is 0 Å². The molecule has 0 unspecified atom stereocenters. The number of fused-ring (bicyclic) bond motifs is 1. The van der Waals surface area contributed by atoms with Crippen molar-refractivity contribution in [3.05, 3.63) is 12.2 Å². The molecule has 0 saturated heterocycles. The smallest absolute Gasteiger partial charge is 0.138 e. The molecule has 0 amide bonds. The molecule has 4 nitrogen and oxygen atoms in total. The van der Waals surface area contributed by atoms with Gasteiger partial charge in [0.05, 0.1) is 6.54 Å². The maximum atomic E-state index is 4.31. The van der Waals surface area contributed by atoms with Gasteiger partial charge in [-0.25, -0.2) is 9.67 Å². The molecule has 1 aliphatic heterocycles. The number of thioether (sulfide) groups is 1. The minimum Gasteiger partial charge on any atom is -0.310 e. The van der Waals surface area contributed by atoms with Crippen LogP contribution in [-0.4, -0.2) is 37.3 Å². The number of aryl methyl sites for hydroxylation is 1. The van der Waals surface area contributed by atoms with Crippen molar-refractivity contribution in [1.82, 2.24) is 20.1 Å². The van der Waals surface area contributed by atoms with Gasteiger partial charge in [0.1, 0.15) is 12.2 Å². The molecular weight excluding hydrogens is 280 g/mol. The molecule has 21 heavy (non-hydrogen) atoms. The summed E-state index contributed by atoms with van der Waals surface area (Å²) < 4.78 is 2.06. The van der Waals surface area contributed by atoms with Gasteiger partial charge in [0.15, 0.2) is 0 Å². The summed E-state index contributed by atoms with van der Waals surface area (Å²) in [5.74, 6) is 1.14. The second-order valence-electron chi connectivity index (χ2n) is 6.75. The second kappa shape index (κ2) is 7.14. The molecule has 1 N–H and O–H groups in total. The van der Waals surface area contributed by atoms with Crippen LogP contribution in [0.2, 0.25) is 0 Å². The predicted molar refractivity (Wildman–Crippen MR) is 88.7 cm³/mol. The van der Waals surface area contributed by atoms with Crippen LogP contribution in [0.1, 0.15) is 58.2 Å². The quantitative estimate of drug-likeness (QED) is 0.877. The van der Waals surface area contributed by atoms with E-state index in [1.54, 1.807) is 6.33 Å². The Hall–Kier alpha value is -0.550. The highest BCUT2D eigenvalue weighted by Gasteiger charge is 2.23. The van der Waals surface area contributed by atoms with Crippen LogP contribution in [0.3, 0.4) is 0 Å². The van der Waals surface area contributed by atoms with Gasteiger partial charge in [0.2, 0.25) is 0 Å². The molecule has 118 valence electrons. The number of nitrogens with zero attached hydrogens (tertiary/aromatic N) is 3. The van der Waals surface area contributed by atoms with Gasteiger partial charge >= 0.3 is 0 Å². The third-order valence-corrected chi connectivity index (χ3v) is 6.25. The standard InChI is InChI=1S/C16H28N4S/c1-12(9-13(2)21-15-5-3-4-6-15)19-14-7-8-16-17-11-18-20(16)10-14/h11-15,19H,3-10H2,1-2H3/t12-,13+,14-/m1/s1. The molecule has 1 fully saturated rings. The molecule has 2 heterocycles. The zero-order valence-electron chi connectivity index (χ0n) is 13.3. The molecule has 5 heteroatoms. The summed E-state index contributed by atoms with van der Waals surface area (Å²) in [7, 11) is 0. The fraction of sp³-hybridized carbons (Fsp3) is 0.875. The lowest BCUT2D eigenvalue weighted by molar-refractivity contribution is 0.326. The van der Waals surface area contributed by atoms with Gasteiger partial charge in [-0.1, -0.05) is 19.8 Å².